The van der Waals surface area contributed by atoms with E-state index >= 15 is 0 Å². The summed E-state index contributed by atoms with van der Waals surface area (Å²) in [5, 5.41) is 0. The van der Waals surface area contributed by atoms with E-state index in [0.29, 0.717) is 0 Å². The van der Waals surface area contributed by atoms with Crippen LogP contribution in [0.2, 0.25) is 6.55 Å². The van der Waals surface area contributed by atoms with Crippen LogP contribution >= 0.6 is 0 Å². The first-order valence-electron chi connectivity index (χ1n) is 6.96. The molecule has 0 saturated carbocycles. The molecule has 7 N–H and O–H groups in total. The van der Waals surface area contributed by atoms with E-state index in [4.69, 9.17) is 49.4 Å². The monoisotopic (exact) mass is 550 g/mol. The average Bonchev–Trinajstić information content (AvgIpc) is 2.22. The highest BCUT2D eigenvalue weighted by atomic mass is 28.6. The van der Waals surface area contributed by atoms with E-state index in [-0.39, 0.29) is 0 Å². The summed E-state index contributed by atoms with van der Waals surface area (Å²) in [4.78, 5) is 73.8. The highest BCUT2D eigenvalue weighted by Gasteiger charge is 2.86. The number of hydrogen-bond donors (Lipinski definition) is 7. The Morgan fingerprint density at radius 2 is 0.464 bits per heavy atom. The van der Waals surface area contributed by atoms with Crippen molar-refractivity contribution < 1.29 is 83.0 Å². The van der Waals surface area contributed by atoms with E-state index in [2.05, 4.69) is 0 Å². The molecule has 0 amide bonds. The summed E-state index contributed by atoms with van der Waals surface area (Å²) < 4.78 is 59.0. The van der Waals surface area contributed by atoms with Gasteiger partial charge >= 0.3 is 72.1 Å². The molecule has 19 nitrogen and oxygen atoms in total. The fourth-order valence-corrected chi connectivity index (χ4v) is 33.0. The first kappa shape index (κ1) is 20.9. The van der Waals surface area contributed by atoms with Gasteiger partial charge in [0.15, 0.2) is 0 Å². The number of hydrogen-bond acceptors (Lipinski definition) is 19. The van der Waals surface area contributed by atoms with Crippen molar-refractivity contribution in [1.29, 1.82) is 0 Å². The Balaban J connectivity index is 1.79. The van der Waals surface area contributed by atoms with Crippen molar-refractivity contribution in [1.82, 2.24) is 0 Å². The fourth-order valence-electron chi connectivity index (χ4n) is 2.67. The van der Waals surface area contributed by atoms with Crippen LogP contribution in [0.3, 0.4) is 0 Å². The standard InChI is InChI=1S/CH10O19Si8/c1-21-9-22(2)12-25(5)14-23(3,10-21)16-27(7)17-24(4,11-21)15-26(6,13-22)19-28(8,18-25)20-27/h2-8H,1H3. The Bertz CT molecular complexity index is 476. The van der Waals surface area contributed by atoms with Crippen LogP contribution in [0.1, 0.15) is 0 Å². The SMILES string of the molecule is C[Si]12O[Si]3(O)O[Si]4(O)O[Si](O)(O1)O[Si]1(O)O[Si](O)(O2)O[Si](O)(O3)O[Si](O)(O4)O1. The third-order valence-electron chi connectivity index (χ3n) is 3.26. The quantitative estimate of drug-likeness (QED) is 0.138. The molecule has 6 aliphatic rings. The molecule has 0 aromatic heterocycles. The maximum atomic E-state index is 10.6. The van der Waals surface area contributed by atoms with Crippen LogP contribution in [0.15, 0.2) is 0 Å². The van der Waals surface area contributed by atoms with Crippen LogP contribution in [0.25, 0.3) is 0 Å². The zero-order valence-electron chi connectivity index (χ0n) is 13.0. The number of rotatable bonds is 0. The van der Waals surface area contributed by atoms with E-state index in [1.807, 2.05) is 0 Å². The summed E-state index contributed by atoms with van der Waals surface area (Å²) >= 11 is 0. The summed E-state index contributed by atoms with van der Waals surface area (Å²) in [6, 6.07) is 0. The molecule has 6 saturated heterocycles. The molecule has 6 fully saturated rings. The van der Waals surface area contributed by atoms with E-state index in [9.17, 15) is 33.6 Å². The second-order valence-electron chi connectivity index (χ2n) is 5.75. The molecule has 160 valence electrons. The van der Waals surface area contributed by atoms with Gasteiger partial charge in [-0.15, -0.1) is 0 Å². The minimum Gasteiger partial charge on any atom is -0.369 e. The maximum Gasteiger partial charge on any atom is 0.659 e. The van der Waals surface area contributed by atoms with Gasteiger partial charge in [0.05, 0.1) is 0 Å². The Hall–Kier alpha value is 0.975. The minimum atomic E-state index is -5.48. The van der Waals surface area contributed by atoms with E-state index < -0.39 is 72.1 Å². The van der Waals surface area contributed by atoms with Crippen LogP contribution in [-0.4, -0.2) is 106 Å². The van der Waals surface area contributed by atoms with Crippen LogP contribution in [-0.2, 0) is 49.4 Å². The van der Waals surface area contributed by atoms with Gasteiger partial charge in [-0.3, -0.25) is 0 Å². The van der Waals surface area contributed by atoms with Crippen molar-refractivity contribution in [2.24, 2.45) is 0 Å². The second-order valence-corrected chi connectivity index (χ2v) is 24.6. The summed E-state index contributed by atoms with van der Waals surface area (Å²) in [5.74, 6) is 0. The molecule has 6 aliphatic heterocycles. The van der Waals surface area contributed by atoms with Crippen molar-refractivity contribution >= 4 is 72.1 Å². The first-order chi connectivity index (χ1) is 12.5. The molecule has 0 atom stereocenters. The van der Waals surface area contributed by atoms with Gasteiger partial charge < -0.3 is 83.0 Å². The van der Waals surface area contributed by atoms with E-state index in [1.165, 1.54) is 0 Å². The zero-order valence-corrected chi connectivity index (χ0v) is 21.0. The predicted molar refractivity (Wildman–Crippen MR) is 80.4 cm³/mol. The van der Waals surface area contributed by atoms with Crippen molar-refractivity contribution in [3.63, 3.8) is 0 Å². The molecule has 0 aliphatic carbocycles. The highest BCUT2D eigenvalue weighted by molar-refractivity contribution is 6.97. The topological polar surface area (TPSA) is 252 Å². The molecule has 0 unspecified atom stereocenters. The molecule has 0 radical (unpaired) electrons. The van der Waals surface area contributed by atoms with Gasteiger partial charge in [-0.05, 0) is 0 Å². The lowest BCUT2D eigenvalue weighted by molar-refractivity contribution is -0.127. The molecule has 0 spiro atoms. The Morgan fingerprint density at radius 3 is 0.643 bits per heavy atom. The van der Waals surface area contributed by atoms with Gasteiger partial charge in [-0.25, -0.2) is 0 Å². The molecule has 0 aromatic rings. The van der Waals surface area contributed by atoms with E-state index in [1.54, 1.807) is 0 Å². The van der Waals surface area contributed by atoms with E-state index in [0.717, 1.165) is 6.55 Å². The molecule has 27 heteroatoms. The van der Waals surface area contributed by atoms with Crippen molar-refractivity contribution in [2.45, 2.75) is 6.55 Å². The smallest absolute Gasteiger partial charge is 0.369 e. The van der Waals surface area contributed by atoms with Gasteiger partial charge in [0.25, 0.3) is 0 Å². The minimum absolute atomic E-state index is 0.974. The molecule has 0 aromatic carbocycles. The largest absolute Gasteiger partial charge is 0.659 e. The zero-order chi connectivity index (χ0) is 20.5. The van der Waals surface area contributed by atoms with Crippen molar-refractivity contribution in [3.8, 4) is 0 Å². The molecule has 6 heterocycles. The predicted octanol–water partition coefficient (Wildman–Crippen LogP) is -7.18. The average molecular weight is 551 g/mol. The lowest BCUT2D eigenvalue weighted by Gasteiger charge is -2.53. The van der Waals surface area contributed by atoms with Crippen molar-refractivity contribution in [3.05, 3.63) is 0 Å². The van der Waals surface area contributed by atoms with Crippen molar-refractivity contribution in [2.75, 3.05) is 0 Å². The lowest BCUT2D eigenvalue weighted by Crippen LogP contribution is -2.88. The van der Waals surface area contributed by atoms with Gasteiger partial charge in [0.2, 0.25) is 0 Å². The molecule has 28 heavy (non-hydrogen) atoms. The van der Waals surface area contributed by atoms with Gasteiger partial charge in [0.1, 0.15) is 0 Å². The lowest BCUT2D eigenvalue weighted by atomic mass is 11.9. The Morgan fingerprint density at radius 1 is 0.321 bits per heavy atom. The third kappa shape index (κ3) is 3.42. The summed E-state index contributed by atoms with van der Waals surface area (Å²) in [6.07, 6.45) is 0. The molecule has 6 rings (SSSR count). The Labute approximate surface area is 162 Å². The third-order valence-corrected chi connectivity index (χ3v) is 29.4. The molecular formula is CH10O19Si8. The highest BCUT2D eigenvalue weighted by Crippen LogP contribution is 2.44. The molecular weight excluding hydrogens is 541 g/mol. The van der Waals surface area contributed by atoms with Gasteiger partial charge in [-0.2, -0.15) is 0 Å². The first-order valence-corrected chi connectivity index (χ1v) is 20.9. The summed E-state index contributed by atoms with van der Waals surface area (Å²) in [5.41, 5.74) is 0. The summed E-state index contributed by atoms with van der Waals surface area (Å²) in [7, 11) is -42.2. The fraction of sp³-hybridized carbons (Fsp3) is 1.00. The summed E-state index contributed by atoms with van der Waals surface area (Å²) in [6.45, 7) is 0.974. The van der Waals surface area contributed by atoms with Gasteiger partial charge in [-0.1, -0.05) is 0 Å². The van der Waals surface area contributed by atoms with Gasteiger partial charge in [0, 0.05) is 6.55 Å². The van der Waals surface area contributed by atoms with Crippen LogP contribution < -0.4 is 0 Å². The molecule has 8 bridgehead atoms. The van der Waals surface area contributed by atoms with Crippen LogP contribution in [0.5, 0.6) is 0 Å². The van der Waals surface area contributed by atoms with Crippen LogP contribution in [0.4, 0.5) is 0 Å². The second kappa shape index (κ2) is 5.48. The Kier molecular flexibility index (Phi) is 4.08. The van der Waals surface area contributed by atoms with Crippen LogP contribution in [0, 0.1) is 0 Å². The maximum absolute atomic E-state index is 10.6. The normalized spacial score (nSPS) is 66.0.